The molecule has 1 heterocycles. The molecular weight excluding hydrogens is 294 g/mol. The van der Waals surface area contributed by atoms with Crippen LogP contribution in [0.4, 0.5) is 5.69 Å². The second-order valence-corrected chi connectivity index (χ2v) is 9.11. The van der Waals surface area contributed by atoms with E-state index in [1.165, 1.54) is 0 Å². The van der Waals surface area contributed by atoms with E-state index in [0.717, 1.165) is 12.2 Å². The first-order valence-corrected chi connectivity index (χ1v) is 8.99. The van der Waals surface area contributed by atoms with Gasteiger partial charge in [0, 0.05) is 23.6 Å². The molecule has 1 aliphatic rings. The summed E-state index contributed by atoms with van der Waals surface area (Å²) in [5.41, 5.74) is 2.90. The number of hydrogen-bond acceptors (Lipinski definition) is 5. The first kappa shape index (κ1) is 15.6. The number of para-hydroxylation sites is 1. The topological polar surface area (TPSA) is 75.4 Å². The maximum Gasteiger partial charge on any atom is 0.245 e. The number of rotatable bonds is 3. The molecule has 1 aliphatic heterocycles. The van der Waals surface area contributed by atoms with Gasteiger partial charge in [0.2, 0.25) is 10.0 Å². The minimum atomic E-state index is -3.50. The summed E-state index contributed by atoms with van der Waals surface area (Å²) in [6, 6.07) is 6.73. The molecule has 7 heteroatoms. The smallest absolute Gasteiger partial charge is 0.245 e. The molecule has 0 spiro atoms. The minimum absolute atomic E-state index is 0.121. The van der Waals surface area contributed by atoms with Crippen LogP contribution in [0.5, 0.6) is 0 Å². The van der Waals surface area contributed by atoms with E-state index in [-0.39, 0.29) is 9.64 Å². The summed E-state index contributed by atoms with van der Waals surface area (Å²) in [6.45, 7) is 5.39. The van der Waals surface area contributed by atoms with Gasteiger partial charge in [-0.1, -0.05) is 26.0 Å². The van der Waals surface area contributed by atoms with Crippen LogP contribution in [0.15, 0.2) is 29.2 Å². The number of hydrogen-bond donors (Lipinski definition) is 2. The largest absolute Gasteiger partial charge is 0.323 e. The lowest BCUT2D eigenvalue weighted by molar-refractivity contribution is 0.415. The molecule has 0 radical (unpaired) electrons. The Balaban J connectivity index is 2.30. The predicted molar refractivity (Wildman–Crippen MR) is 84.2 cm³/mol. The summed E-state index contributed by atoms with van der Waals surface area (Å²) >= 11 is 1.82. The van der Waals surface area contributed by atoms with Crippen molar-refractivity contribution in [3.05, 3.63) is 24.3 Å². The van der Waals surface area contributed by atoms with Crippen molar-refractivity contribution in [3.8, 4) is 0 Å². The third-order valence-corrected chi connectivity index (χ3v) is 6.79. The molecule has 0 aliphatic carbocycles. The number of nitrogen functional groups attached to an aromatic ring is 1. The molecular formula is C13H21N3O2S2. The van der Waals surface area contributed by atoms with Gasteiger partial charge in [-0.15, -0.1) is 0 Å². The molecule has 1 saturated heterocycles. The minimum Gasteiger partial charge on any atom is -0.323 e. The zero-order valence-electron chi connectivity index (χ0n) is 11.8. The van der Waals surface area contributed by atoms with Crippen LogP contribution in [0, 0.1) is 0 Å². The molecule has 0 atom stereocenters. The van der Waals surface area contributed by atoms with Crippen LogP contribution in [-0.4, -0.2) is 36.3 Å². The molecule has 20 heavy (non-hydrogen) atoms. The molecule has 0 aromatic heterocycles. The van der Waals surface area contributed by atoms with Crippen LogP contribution >= 0.6 is 11.8 Å². The van der Waals surface area contributed by atoms with E-state index in [1.54, 1.807) is 28.6 Å². The molecule has 5 nitrogen and oxygen atoms in total. The van der Waals surface area contributed by atoms with Crippen LogP contribution in [-0.2, 0) is 10.0 Å². The lowest BCUT2D eigenvalue weighted by atomic mass is 10.1. The van der Waals surface area contributed by atoms with Gasteiger partial charge in [-0.05, 0) is 18.6 Å². The second-order valence-electron chi connectivity index (χ2n) is 5.40. The average Bonchev–Trinajstić information content (AvgIpc) is 2.60. The third kappa shape index (κ3) is 3.28. The number of hydrazine groups is 1. The van der Waals surface area contributed by atoms with Gasteiger partial charge >= 0.3 is 0 Å². The zero-order chi connectivity index (χ0) is 14.8. The molecule has 3 N–H and O–H groups in total. The van der Waals surface area contributed by atoms with Gasteiger partial charge in [-0.25, -0.2) is 8.42 Å². The number of nitrogens with zero attached hydrogens (tertiary/aromatic N) is 1. The lowest BCUT2D eigenvalue weighted by Crippen LogP contribution is -2.34. The van der Waals surface area contributed by atoms with Crippen LogP contribution in [0.1, 0.15) is 20.3 Å². The molecule has 2 rings (SSSR count). The summed E-state index contributed by atoms with van der Waals surface area (Å²) in [5.74, 6) is 6.22. The SMILES string of the molecule is CC1(C)CCN(S(=O)(=O)c2ccccc2NN)CCS1. The molecule has 1 aromatic carbocycles. The Kier molecular flexibility index (Phi) is 4.63. The number of sulfonamides is 1. The Hall–Kier alpha value is -0.760. The Morgan fingerprint density at radius 1 is 1.30 bits per heavy atom. The number of nitrogens with one attached hydrogen (secondary N) is 1. The van der Waals surface area contributed by atoms with E-state index in [0.29, 0.717) is 18.8 Å². The standard InChI is InChI=1S/C13H21N3O2S2/c1-13(2)7-8-16(9-10-19-13)20(17,18)12-6-4-3-5-11(12)15-14/h3-6,15H,7-10,14H2,1-2H3. The number of benzene rings is 1. The Labute approximate surface area is 124 Å². The maximum atomic E-state index is 12.8. The lowest BCUT2D eigenvalue weighted by Gasteiger charge is -2.23. The van der Waals surface area contributed by atoms with Crippen molar-refractivity contribution >= 4 is 27.5 Å². The van der Waals surface area contributed by atoms with E-state index >= 15 is 0 Å². The van der Waals surface area contributed by atoms with Gasteiger partial charge in [-0.2, -0.15) is 16.1 Å². The van der Waals surface area contributed by atoms with Crippen LogP contribution in [0.25, 0.3) is 0 Å². The highest BCUT2D eigenvalue weighted by Gasteiger charge is 2.31. The fourth-order valence-electron chi connectivity index (χ4n) is 2.19. The van der Waals surface area contributed by atoms with E-state index in [4.69, 9.17) is 5.84 Å². The van der Waals surface area contributed by atoms with Gasteiger partial charge in [0.15, 0.2) is 0 Å². The van der Waals surface area contributed by atoms with E-state index in [2.05, 4.69) is 19.3 Å². The first-order valence-electron chi connectivity index (χ1n) is 6.56. The highest BCUT2D eigenvalue weighted by molar-refractivity contribution is 8.00. The van der Waals surface area contributed by atoms with Gasteiger partial charge in [-0.3, -0.25) is 5.84 Å². The molecule has 0 bridgehead atoms. The van der Waals surface area contributed by atoms with Crippen molar-refractivity contribution in [1.29, 1.82) is 0 Å². The fraction of sp³-hybridized carbons (Fsp3) is 0.538. The zero-order valence-corrected chi connectivity index (χ0v) is 13.4. The first-order chi connectivity index (χ1) is 9.37. The van der Waals surface area contributed by atoms with Gasteiger partial charge in [0.25, 0.3) is 0 Å². The molecule has 1 aromatic rings. The van der Waals surface area contributed by atoms with Gasteiger partial charge < -0.3 is 5.43 Å². The molecule has 0 saturated carbocycles. The molecule has 1 fully saturated rings. The normalized spacial score (nSPS) is 20.4. The van der Waals surface area contributed by atoms with Crippen molar-refractivity contribution < 1.29 is 8.42 Å². The average molecular weight is 315 g/mol. The number of nitrogens with two attached hydrogens (primary N) is 1. The Morgan fingerprint density at radius 2 is 2.00 bits per heavy atom. The summed E-state index contributed by atoms with van der Waals surface area (Å²) in [6.07, 6.45) is 0.842. The van der Waals surface area contributed by atoms with E-state index < -0.39 is 10.0 Å². The summed E-state index contributed by atoms with van der Waals surface area (Å²) in [5, 5.41) is 0. The van der Waals surface area contributed by atoms with E-state index in [1.807, 2.05) is 11.8 Å². The predicted octanol–water partition coefficient (Wildman–Crippen LogP) is 1.88. The van der Waals surface area contributed by atoms with Crippen molar-refractivity contribution in [2.24, 2.45) is 5.84 Å². The van der Waals surface area contributed by atoms with Crippen molar-refractivity contribution in [2.75, 3.05) is 24.3 Å². The molecule has 112 valence electrons. The summed E-state index contributed by atoms with van der Waals surface area (Å²) in [4.78, 5) is 0.243. The Morgan fingerprint density at radius 3 is 2.70 bits per heavy atom. The van der Waals surface area contributed by atoms with Crippen molar-refractivity contribution in [1.82, 2.24) is 4.31 Å². The van der Waals surface area contributed by atoms with Gasteiger partial charge in [0.1, 0.15) is 4.90 Å². The van der Waals surface area contributed by atoms with Crippen LogP contribution in [0.2, 0.25) is 0 Å². The fourth-order valence-corrected chi connectivity index (χ4v) is 5.00. The second kappa shape index (κ2) is 5.93. The van der Waals surface area contributed by atoms with Gasteiger partial charge in [0.05, 0.1) is 5.69 Å². The maximum absolute atomic E-state index is 12.8. The number of thioether (sulfide) groups is 1. The quantitative estimate of drug-likeness (QED) is 0.658. The summed E-state index contributed by atoms with van der Waals surface area (Å²) in [7, 11) is -3.50. The summed E-state index contributed by atoms with van der Waals surface area (Å²) < 4.78 is 27.2. The highest BCUT2D eigenvalue weighted by Crippen LogP contribution is 2.33. The van der Waals surface area contributed by atoms with E-state index in [9.17, 15) is 8.42 Å². The molecule has 0 amide bonds. The number of anilines is 1. The van der Waals surface area contributed by atoms with Crippen LogP contribution in [0.3, 0.4) is 0 Å². The third-order valence-electron chi connectivity index (χ3n) is 3.46. The monoisotopic (exact) mass is 315 g/mol. The van der Waals surface area contributed by atoms with Crippen LogP contribution < -0.4 is 11.3 Å². The van der Waals surface area contributed by atoms with Crippen molar-refractivity contribution in [2.45, 2.75) is 29.9 Å². The Bertz CT molecular complexity index is 573. The van der Waals surface area contributed by atoms with Crippen molar-refractivity contribution in [3.63, 3.8) is 0 Å². The highest BCUT2D eigenvalue weighted by atomic mass is 32.2. The molecule has 0 unspecified atom stereocenters.